The van der Waals surface area contributed by atoms with Gasteiger partial charge in [0, 0.05) is 11.8 Å². The normalized spacial score (nSPS) is 12.4. The molecule has 0 fully saturated rings. The number of benzene rings is 1. The molecule has 2 aromatic rings. The van der Waals surface area contributed by atoms with Gasteiger partial charge >= 0.3 is 0 Å². The number of hydrogen-bond donors (Lipinski definition) is 2. The van der Waals surface area contributed by atoms with Gasteiger partial charge in [0.2, 0.25) is 0 Å². The van der Waals surface area contributed by atoms with E-state index in [1.807, 2.05) is 19.9 Å². The molecule has 0 saturated carbocycles. The summed E-state index contributed by atoms with van der Waals surface area (Å²) < 4.78 is 13.7. The Kier molecular flexibility index (Phi) is 4.91. The number of nitrogens with zero attached hydrogens (tertiary/aromatic N) is 1. The molecular formula is C17H22FN3. The van der Waals surface area contributed by atoms with Gasteiger partial charge in [0.05, 0.1) is 6.04 Å². The van der Waals surface area contributed by atoms with E-state index in [1.165, 1.54) is 6.07 Å². The Balaban J connectivity index is 2.55. The molecule has 112 valence electrons. The molecule has 1 aromatic carbocycles. The van der Waals surface area contributed by atoms with Crippen LogP contribution in [0, 0.1) is 19.7 Å². The second-order valence-corrected chi connectivity index (χ2v) is 5.31. The average molecular weight is 287 g/mol. The zero-order chi connectivity index (χ0) is 15.4. The lowest BCUT2D eigenvalue weighted by atomic mass is 9.92. The van der Waals surface area contributed by atoms with Crippen LogP contribution in [0.1, 0.15) is 41.6 Å². The van der Waals surface area contributed by atoms with Crippen molar-refractivity contribution in [3.63, 3.8) is 0 Å². The first-order chi connectivity index (χ1) is 10.0. The van der Waals surface area contributed by atoms with Crippen LogP contribution in [0.15, 0.2) is 30.5 Å². The summed E-state index contributed by atoms with van der Waals surface area (Å²) in [7, 11) is 0. The highest BCUT2D eigenvalue weighted by atomic mass is 19.1. The molecule has 0 amide bonds. The van der Waals surface area contributed by atoms with E-state index in [0.29, 0.717) is 5.82 Å². The van der Waals surface area contributed by atoms with Crippen molar-refractivity contribution < 1.29 is 4.39 Å². The summed E-state index contributed by atoms with van der Waals surface area (Å²) in [6, 6.07) is 6.65. The molecule has 4 heteroatoms. The van der Waals surface area contributed by atoms with Crippen molar-refractivity contribution in [3.8, 4) is 0 Å². The van der Waals surface area contributed by atoms with Gasteiger partial charge in [-0.15, -0.1) is 0 Å². The van der Waals surface area contributed by atoms with Crippen molar-refractivity contribution >= 4 is 5.82 Å². The van der Waals surface area contributed by atoms with Crippen molar-refractivity contribution in [2.75, 3.05) is 12.3 Å². The molecule has 21 heavy (non-hydrogen) atoms. The predicted molar refractivity (Wildman–Crippen MR) is 84.7 cm³/mol. The van der Waals surface area contributed by atoms with E-state index in [4.69, 9.17) is 5.73 Å². The maximum Gasteiger partial charge on any atom is 0.128 e. The topological polar surface area (TPSA) is 50.9 Å². The Hall–Kier alpha value is -1.94. The second kappa shape index (κ2) is 6.68. The minimum Gasteiger partial charge on any atom is -0.383 e. The van der Waals surface area contributed by atoms with Crippen molar-refractivity contribution in [2.45, 2.75) is 33.2 Å². The number of pyridine rings is 1. The first-order valence-corrected chi connectivity index (χ1v) is 7.25. The Morgan fingerprint density at radius 1 is 1.24 bits per heavy atom. The fourth-order valence-corrected chi connectivity index (χ4v) is 2.54. The van der Waals surface area contributed by atoms with Gasteiger partial charge in [-0.3, -0.25) is 0 Å². The zero-order valence-corrected chi connectivity index (χ0v) is 12.8. The summed E-state index contributed by atoms with van der Waals surface area (Å²) in [6.45, 7) is 6.91. The molecule has 3 N–H and O–H groups in total. The highest BCUT2D eigenvalue weighted by Gasteiger charge is 2.21. The Morgan fingerprint density at radius 2 is 2.00 bits per heavy atom. The summed E-state index contributed by atoms with van der Waals surface area (Å²) >= 11 is 0. The lowest BCUT2D eigenvalue weighted by Crippen LogP contribution is -2.26. The largest absolute Gasteiger partial charge is 0.383 e. The lowest BCUT2D eigenvalue weighted by molar-refractivity contribution is 0.581. The van der Waals surface area contributed by atoms with E-state index < -0.39 is 0 Å². The Labute approximate surface area is 125 Å². The van der Waals surface area contributed by atoms with E-state index in [2.05, 4.69) is 17.2 Å². The number of halogens is 1. The standard InChI is InChI=1S/C17H22FN3/c1-4-8-20-16(14-10-13(18)6-5-11(14)2)15-12(3)7-9-21-17(15)19/h5-7,9-10,16,20H,4,8H2,1-3H3,(H2,19,21). The van der Waals surface area contributed by atoms with Crippen LogP contribution in [0.5, 0.6) is 0 Å². The molecule has 2 rings (SSSR count). The second-order valence-electron chi connectivity index (χ2n) is 5.31. The van der Waals surface area contributed by atoms with Crippen molar-refractivity contribution in [1.29, 1.82) is 0 Å². The van der Waals surface area contributed by atoms with Crippen LogP contribution in [-0.4, -0.2) is 11.5 Å². The highest BCUT2D eigenvalue weighted by molar-refractivity contribution is 5.51. The van der Waals surface area contributed by atoms with Crippen LogP contribution in [0.3, 0.4) is 0 Å². The van der Waals surface area contributed by atoms with Crippen molar-refractivity contribution in [1.82, 2.24) is 10.3 Å². The number of nitrogen functional groups attached to an aromatic ring is 1. The van der Waals surface area contributed by atoms with Crippen LogP contribution in [-0.2, 0) is 0 Å². The van der Waals surface area contributed by atoms with Crippen LogP contribution < -0.4 is 11.1 Å². The van der Waals surface area contributed by atoms with Gasteiger partial charge in [0.25, 0.3) is 0 Å². The van der Waals surface area contributed by atoms with E-state index in [-0.39, 0.29) is 11.9 Å². The highest BCUT2D eigenvalue weighted by Crippen LogP contribution is 2.30. The first-order valence-electron chi connectivity index (χ1n) is 7.25. The molecule has 0 aliphatic heterocycles. The van der Waals surface area contributed by atoms with Crippen molar-refractivity contribution in [2.24, 2.45) is 0 Å². The molecule has 0 spiro atoms. The predicted octanol–water partition coefficient (Wildman–Crippen LogP) is 3.51. The van der Waals surface area contributed by atoms with Gasteiger partial charge in [-0.1, -0.05) is 13.0 Å². The van der Waals surface area contributed by atoms with Crippen LogP contribution in [0.2, 0.25) is 0 Å². The quantitative estimate of drug-likeness (QED) is 0.884. The van der Waals surface area contributed by atoms with E-state index in [1.54, 1.807) is 18.3 Å². The molecule has 1 heterocycles. The molecular weight excluding hydrogens is 265 g/mol. The molecule has 0 bridgehead atoms. The molecule has 3 nitrogen and oxygen atoms in total. The Morgan fingerprint density at radius 3 is 2.67 bits per heavy atom. The van der Waals surface area contributed by atoms with Crippen LogP contribution in [0.25, 0.3) is 0 Å². The van der Waals surface area contributed by atoms with Gasteiger partial charge < -0.3 is 11.1 Å². The maximum absolute atomic E-state index is 13.7. The average Bonchev–Trinajstić information content (AvgIpc) is 2.45. The molecule has 1 atom stereocenters. The van der Waals surface area contributed by atoms with Gasteiger partial charge in [0.15, 0.2) is 0 Å². The van der Waals surface area contributed by atoms with Crippen LogP contribution >= 0.6 is 0 Å². The zero-order valence-electron chi connectivity index (χ0n) is 12.8. The maximum atomic E-state index is 13.7. The van der Waals surface area contributed by atoms with Gasteiger partial charge in [-0.2, -0.15) is 0 Å². The summed E-state index contributed by atoms with van der Waals surface area (Å²) in [5.41, 5.74) is 10.0. The third-order valence-corrected chi connectivity index (χ3v) is 3.68. The Bertz CT molecular complexity index is 605. The SMILES string of the molecule is CCCNC(c1cc(F)ccc1C)c1c(C)ccnc1N. The smallest absolute Gasteiger partial charge is 0.128 e. The molecule has 0 saturated heterocycles. The van der Waals surface area contributed by atoms with Gasteiger partial charge in [0.1, 0.15) is 11.6 Å². The third-order valence-electron chi connectivity index (χ3n) is 3.68. The van der Waals surface area contributed by atoms with Crippen molar-refractivity contribution in [3.05, 3.63) is 58.5 Å². The summed E-state index contributed by atoms with van der Waals surface area (Å²) in [6.07, 6.45) is 2.69. The lowest BCUT2D eigenvalue weighted by Gasteiger charge is -2.24. The van der Waals surface area contributed by atoms with E-state index in [0.717, 1.165) is 35.2 Å². The number of rotatable bonds is 5. The van der Waals surface area contributed by atoms with Crippen LogP contribution in [0.4, 0.5) is 10.2 Å². The van der Waals surface area contributed by atoms with Gasteiger partial charge in [-0.05, 0) is 61.7 Å². The number of aryl methyl sites for hydroxylation is 2. The fourth-order valence-electron chi connectivity index (χ4n) is 2.54. The number of hydrogen-bond acceptors (Lipinski definition) is 3. The fraction of sp³-hybridized carbons (Fsp3) is 0.353. The first kappa shape index (κ1) is 15.4. The van der Waals surface area contributed by atoms with E-state index >= 15 is 0 Å². The summed E-state index contributed by atoms with van der Waals surface area (Å²) in [4.78, 5) is 4.19. The molecule has 0 aliphatic rings. The monoisotopic (exact) mass is 287 g/mol. The molecule has 0 radical (unpaired) electrons. The van der Waals surface area contributed by atoms with E-state index in [9.17, 15) is 4.39 Å². The minimum atomic E-state index is -0.237. The summed E-state index contributed by atoms with van der Waals surface area (Å²) in [5.74, 6) is 0.256. The van der Waals surface area contributed by atoms with Gasteiger partial charge in [-0.25, -0.2) is 9.37 Å². The molecule has 1 aromatic heterocycles. The number of aromatic nitrogens is 1. The molecule has 0 aliphatic carbocycles. The number of nitrogens with two attached hydrogens (primary N) is 1. The summed E-state index contributed by atoms with van der Waals surface area (Å²) in [5, 5.41) is 3.47. The molecule has 1 unspecified atom stereocenters. The number of anilines is 1. The minimum absolute atomic E-state index is 0.144. The number of nitrogens with one attached hydrogen (secondary N) is 1. The third kappa shape index (κ3) is 3.39.